The van der Waals surface area contributed by atoms with Gasteiger partial charge in [0.15, 0.2) is 0 Å². The first-order valence-corrected chi connectivity index (χ1v) is 7.71. The van der Waals surface area contributed by atoms with Gasteiger partial charge in [0.1, 0.15) is 12.7 Å². The Bertz CT molecular complexity index is 376. The van der Waals surface area contributed by atoms with Gasteiger partial charge in [-0.25, -0.2) is 0 Å². The molecule has 5 nitrogen and oxygen atoms in total. The van der Waals surface area contributed by atoms with Crippen LogP contribution in [0.4, 0.5) is 0 Å². The van der Waals surface area contributed by atoms with Crippen LogP contribution < -0.4 is 0 Å². The Morgan fingerprint density at radius 1 is 1.00 bits per heavy atom. The molecule has 0 aliphatic carbocycles. The fourth-order valence-corrected chi connectivity index (χ4v) is 1.73. The predicted octanol–water partition coefficient (Wildman–Crippen LogP) is 4.62. The third kappa shape index (κ3) is 20.3. The van der Waals surface area contributed by atoms with Crippen LogP contribution in [-0.4, -0.2) is 50.2 Å². The highest BCUT2D eigenvalue weighted by Crippen LogP contribution is 2.09. The summed E-state index contributed by atoms with van der Waals surface area (Å²) in [4.78, 5) is 25.5. The number of nitrogens with zero attached hydrogens (tertiary/aromatic N) is 1. The molecule has 150 valence electrons. The van der Waals surface area contributed by atoms with Crippen molar-refractivity contribution in [3.8, 4) is 0 Å². The van der Waals surface area contributed by atoms with Crippen molar-refractivity contribution < 1.29 is 19.1 Å². The van der Waals surface area contributed by atoms with E-state index in [2.05, 4.69) is 0 Å². The summed E-state index contributed by atoms with van der Waals surface area (Å²) in [5.41, 5.74) is 0. The molecule has 1 unspecified atom stereocenters. The average molecular weight is 360 g/mol. The number of carbonyl (C=O) groups excluding carboxylic acids is 2. The molecule has 0 saturated carbocycles. The van der Waals surface area contributed by atoms with Gasteiger partial charge in [-0.15, -0.1) is 0 Å². The number of rotatable bonds is 11. The molecule has 0 aromatic heterocycles. The highest BCUT2D eigenvalue weighted by Gasteiger charge is 2.18. The van der Waals surface area contributed by atoms with Gasteiger partial charge in [0.05, 0.1) is 6.42 Å². The normalized spacial score (nSPS) is 11.4. The minimum absolute atomic E-state index is 0. The number of allylic oxidation sites excluding steroid dienone is 2. The summed E-state index contributed by atoms with van der Waals surface area (Å²) in [6.07, 6.45) is 8.58. The van der Waals surface area contributed by atoms with Gasteiger partial charge >= 0.3 is 11.9 Å². The van der Waals surface area contributed by atoms with Crippen molar-refractivity contribution >= 4 is 11.9 Å². The van der Waals surface area contributed by atoms with Crippen LogP contribution in [-0.2, 0) is 19.1 Å². The zero-order valence-corrected chi connectivity index (χ0v) is 14.2. The van der Waals surface area contributed by atoms with Crippen LogP contribution in [0.1, 0.15) is 61.8 Å². The van der Waals surface area contributed by atoms with Crippen LogP contribution in [0, 0.1) is 0 Å². The minimum Gasteiger partial charge on any atom is -0.461 e. The molecule has 0 heterocycles. The van der Waals surface area contributed by atoms with Gasteiger partial charge in [-0.3, -0.25) is 9.59 Å². The number of carbonyl (C=O) groups is 2. The Kier molecular flexibility index (Phi) is 25.5. The molecule has 0 N–H and O–H groups in total. The van der Waals surface area contributed by atoms with E-state index in [4.69, 9.17) is 9.47 Å². The van der Waals surface area contributed by atoms with E-state index in [0.717, 1.165) is 13.0 Å². The highest BCUT2D eigenvalue weighted by molar-refractivity contribution is 5.72. The molecule has 0 fully saturated rings. The average Bonchev–Trinajstić information content (AvgIpc) is 2.44. The van der Waals surface area contributed by atoms with Gasteiger partial charge in [0.2, 0.25) is 0 Å². The van der Waals surface area contributed by atoms with Crippen LogP contribution in [0.15, 0.2) is 24.3 Å². The van der Waals surface area contributed by atoms with Gasteiger partial charge in [0, 0.05) is 12.8 Å². The Hall–Kier alpha value is -1.62. The second-order valence-electron chi connectivity index (χ2n) is 5.28. The first-order valence-electron chi connectivity index (χ1n) is 7.71. The van der Waals surface area contributed by atoms with Crippen molar-refractivity contribution in [2.24, 2.45) is 0 Å². The number of hydrogen-bond donors (Lipinski definition) is 0. The van der Waals surface area contributed by atoms with Gasteiger partial charge in [0.25, 0.3) is 0 Å². The highest BCUT2D eigenvalue weighted by atomic mass is 16.6. The third-order valence-electron chi connectivity index (χ3n) is 2.89. The van der Waals surface area contributed by atoms with E-state index in [0.29, 0.717) is 12.8 Å². The third-order valence-corrected chi connectivity index (χ3v) is 2.89. The quantitative estimate of drug-likeness (QED) is 0.398. The van der Waals surface area contributed by atoms with Crippen LogP contribution in [0.3, 0.4) is 0 Å². The van der Waals surface area contributed by atoms with Crippen molar-refractivity contribution in [2.45, 2.75) is 67.9 Å². The lowest BCUT2D eigenvalue weighted by molar-refractivity contribution is -0.154. The van der Waals surface area contributed by atoms with Crippen LogP contribution >= 0.6 is 0 Å². The molecule has 0 radical (unpaired) electrons. The van der Waals surface area contributed by atoms with E-state index in [1.165, 1.54) is 0 Å². The van der Waals surface area contributed by atoms with Crippen LogP contribution in [0.25, 0.3) is 0 Å². The van der Waals surface area contributed by atoms with E-state index in [9.17, 15) is 9.59 Å². The van der Waals surface area contributed by atoms with Gasteiger partial charge in [-0.2, -0.15) is 0 Å². The molecule has 25 heavy (non-hydrogen) atoms. The topological polar surface area (TPSA) is 55.8 Å². The first kappa shape index (κ1) is 31.2. The monoisotopic (exact) mass is 359 g/mol. The van der Waals surface area contributed by atoms with Crippen molar-refractivity contribution in [2.75, 3.05) is 27.2 Å². The van der Waals surface area contributed by atoms with E-state index < -0.39 is 6.10 Å². The molecule has 0 spiro atoms. The van der Waals surface area contributed by atoms with Crippen molar-refractivity contribution in [3.05, 3.63) is 24.3 Å². The largest absolute Gasteiger partial charge is 0.461 e. The standard InChI is InChI=1S/C17H29NO4.3CH4/c1-5-7-10-15(14-17(20)21-13-8-6-2)22-16(19)11-9-12-18(3)4;;;/h5-8,15H,9-14H2,1-4H3;3*1H4/b7-5-,8-6+;;;. The SMILES string of the molecule is C.C.C.C/C=C\CC(CC(=O)OC/C=C/C)OC(=O)CCCN(C)C. The summed E-state index contributed by atoms with van der Waals surface area (Å²) in [6.45, 7) is 4.83. The second-order valence-corrected chi connectivity index (χ2v) is 5.28. The Labute approximate surface area is 156 Å². The number of ether oxygens (including phenoxy) is 2. The van der Waals surface area contributed by atoms with E-state index >= 15 is 0 Å². The zero-order valence-electron chi connectivity index (χ0n) is 14.2. The summed E-state index contributed by atoms with van der Waals surface area (Å²) >= 11 is 0. The molecule has 0 bridgehead atoms. The Morgan fingerprint density at radius 3 is 2.12 bits per heavy atom. The summed E-state index contributed by atoms with van der Waals surface area (Å²) in [5.74, 6) is -0.619. The molecule has 0 aromatic rings. The fourth-order valence-electron chi connectivity index (χ4n) is 1.73. The lowest BCUT2D eigenvalue weighted by Crippen LogP contribution is -2.23. The van der Waals surface area contributed by atoms with Crippen LogP contribution in [0.2, 0.25) is 0 Å². The minimum atomic E-state index is -0.457. The van der Waals surface area contributed by atoms with Crippen molar-refractivity contribution in [1.82, 2.24) is 4.90 Å². The summed E-state index contributed by atoms with van der Waals surface area (Å²) in [5, 5.41) is 0. The Balaban J connectivity index is -0.000000735. The molecule has 5 heteroatoms. The van der Waals surface area contributed by atoms with Gasteiger partial charge in [-0.1, -0.05) is 46.6 Å². The maximum Gasteiger partial charge on any atom is 0.309 e. The molecule has 0 aliphatic rings. The molecule has 0 rings (SSSR count). The molecule has 0 amide bonds. The maximum atomic E-state index is 11.8. The maximum absolute atomic E-state index is 11.8. The lowest BCUT2D eigenvalue weighted by atomic mass is 10.1. The molecule has 0 saturated heterocycles. The number of hydrogen-bond acceptors (Lipinski definition) is 5. The molecule has 1 atom stereocenters. The first-order chi connectivity index (χ1) is 10.5. The Morgan fingerprint density at radius 2 is 1.60 bits per heavy atom. The predicted molar refractivity (Wildman–Crippen MR) is 108 cm³/mol. The molecule has 0 aromatic carbocycles. The van der Waals surface area contributed by atoms with E-state index in [1.54, 1.807) is 6.08 Å². The molecular formula is C20H41NO4. The van der Waals surface area contributed by atoms with Crippen molar-refractivity contribution in [1.29, 1.82) is 0 Å². The van der Waals surface area contributed by atoms with Gasteiger partial charge in [-0.05, 0) is 40.9 Å². The summed E-state index contributed by atoms with van der Waals surface area (Å²) in [7, 11) is 3.92. The van der Waals surface area contributed by atoms with Gasteiger partial charge < -0.3 is 14.4 Å². The lowest BCUT2D eigenvalue weighted by Gasteiger charge is -2.16. The van der Waals surface area contributed by atoms with Crippen molar-refractivity contribution in [3.63, 3.8) is 0 Å². The summed E-state index contributed by atoms with van der Waals surface area (Å²) in [6, 6.07) is 0. The fraction of sp³-hybridized carbons (Fsp3) is 0.700. The van der Waals surface area contributed by atoms with E-state index in [1.807, 2.05) is 51.1 Å². The second kappa shape index (κ2) is 20.4. The summed E-state index contributed by atoms with van der Waals surface area (Å²) < 4.78 is 10.4. The molecular weight excluding hydrogens is 318 g/mol. The number of esters is 2. The van der Waals surface area contributed by atoms with E-state index in [-0.39, 0.29) is 47.2 Å². The molecule has 0 aliphatic heterocycles. The smallest absolute Gasteiger partial charge is 0.309 e. The zero-order chi connectivity index (χ0) is 16.8. The van der Waals surface area contributed by atoms with Crippen LogP contribution in [0.5, 0.6) is 0 Å².